The molecule has 188 valence electrons. The molecule has 8 heteroatoms. The number of carboxylic acids is 1. The van der Waals surface area contributed by atoms with Crippen molar-refractivity contribution in [2.24, 2.45) is 0 Å². The number of hydroxylamine groups is 2. The molecule has 2 N–H and O–H groups in total. The molecular formula is C27H33N2O5S-. The summed E-state index contributed by atoms with van der Waals surface area (Å²) in [5, 5.41) is 27.3. The van der Waals surface area contributed by atoms with E-state index < -0.39 is 30.2 Å². The van der Waals surface area contributed by atoms with Gasteiger partial charge in [-0.25, -0.2) is 0 Å². The summed E-state index contributed by atoms with van der Waals surface area (Å²) in [4.78, 5) is 25.5. The van der Waals surface area contributed by atoms with Crippen molar-refractivity contribution in [3.63, 3.8) is 0 Å². The third-order valence-electron chi connectivity index (χ3n) is 6.74. The lowest BCUT2D eigenvalue weighted by molar-refractivity contribution is -0.146. The molecule has 0 saturated heterocycles. The second-order valence-electron chi connectivity index (χ2n) is 9.16. The third-order valence-corrected chi connectivity index (χ3v) is 7.89. The van der Waals surface area contributed by atoms with Crippen molar-refractivity contribution in [1.29, 1.82) is 0 Å². The van der Waals surface area contributed by atoms with E-state index in [4.69, 9.17) is 4.74 Å². The van der Waals surface area contributed by atoms with Crippen molar-refractivity contribution in [2.45, 2.75) is 75.0 Å². The number of hydrogen-bond donors (Lipinski definition) is 2. The first kappa shape index (κ1) is 25.7. The second kappa shape index (κ2) is 12.0. The zero-order valence-corrected chi connectivity index (χ0v) is 20.9. The molecule has 0 bridgehead atoms. The van der Waals surface area contributed by atoms with E-state index in [9.17, 15) is 19.9 Å². The minimum absolute atomic E-state index is 0.251. The average Bonchev–Trinajstić information content (AvgIpc) is 2.97. The molecule has 2 aromatic rings. The number of esters is 1. The zero-order valence-electron chi connectivity index (χ0n) is 20.1. The maximum absolute atomic E-state index is 13.6. The van der Waals surface area contributed by atoms with Gasteiger partial charge in [0.2, 0.25) is 0 Å². The van der Waals surface area contributed by atoms with Crippen molar-refractivity contribution in [1.82, 2.24) is 10.4 Å². The summed E-state index contributed by atoms with van der Waals surface area (Å²) >= 11 is 1.56. The Bertz CT molecular complexity index is 1030. The first-order chi connectivity index (χ1) is 17.0. The van der Waals surface area contributed by atoms with Gasteiger partial charge >= 0.3 is 11.9 Å². The van der Waals surface area contributed by atoms with Gasteiger partial charge in [-0.2, -0.15) is 0 Å². The van der Waals surface area contributed by atoms with E-state index in [2.05, 4.69) is 17.4 Å². The minimum Gasteiger partial charge on any atom is -0.784 e. The maximum Gasteiger partial charge on any atom is 0.323 e. The molecule has 0 amide bonds. The van der Waals surface area contributed by atoms with Crippen LogP contribution in [-0.4, -0.2) is 46.7 Å². The Balaban J connectivity index is 1.57. The van der Waals surface area contributed by atoms with Gasteiger partial charge in [0.05, 0.1) is 19.2 Å². The molecular weight excluding hydrogens is 464 g/mol. The molecule has 3 atom stereocenters. The van der Waals surface area contributed by atoms with Gasteiger partial charge in [-0.3, -0.25) is 14.9 Å². The highest BCUT2D eigenvalue weighted by atomic mass is 32.2. The van der Waals surface area contributed by atoms with E-state index in [1.54, 1.807) is 18.7 Å². The van der Waals surface area contributed by atoms with Crippen LogP contribution >= 0.6 is 11.8 Å². The number of nitrogens with zero attached hydrogens (tertiary/aromatic N) is 1. The van der Waals surface area contributed by atoms with Gasteiger partial charge < -0.3 is 20.1 Å². The van der Waals surface area contributed by atoms with Crippen LogP contribution < -0.4 is 5.32 Å². The minimum atomic E-state index is -1.02. The predicted molar refractivity (Wildman–Crippen MR) is 136 cm³/mol. The topological polar surface area (TPSA) is 102 Å². The summed E-state index contributed by atoms with van der Waals surface area (Å²) in [7, 11) is 0. The normalized spacial score (nSPS) is 20.9. The molecule has 1 heterocycles. The number of thioether (sulfide) groups is 1. The van der Waals surface area contributed by atoms with E-state index in [1.165, 1.54) is 11.1 Å². The molecule has 0 spiro atoms. The lowest BCUT2D eigenvalue weighted by atomic mass is 9.88. The Morgan fingerprint density at radius 2 is 1.91 bits per heavy atom. The number of aryl methyl sites for hydroxylation is 3. The van der Waals surface area contributed by atoms with Gasteiger partial charge in [0.1, 0.15) is 6.04 Å². The molecule has 2 aliphatic rings. The van der Waals surface area contributed by atoms with Crippen molar-refractivity contribution in [2.75, 3.05) is 12.4 Å². The molecule has 3 unspecified atom stereocenters. The second-order valence-corrected chi connectivity index (χ2v) is 10.2. The number of hydrogen-bond acceptors (Lipinski definition) is 7. The summed E-state index contributed by atoms with van der Waals surface area (Å²) in [5.74, 6) is -1.00. The fraction of sp³-hybridized carbons (Fsp3) is 0.481. The van der Waals surface area contributed by atoms with Crippen LogP contribution in [0.25, 0.3) is 0 Å². The summed E-state index contributed by atoms with van der Waals surface area (Å²) in [6, 6.07) is 12.6. The lowest BCUT2D eigenvalue weighted by Crippen LogP contribution is -2.52. The number of carbonyl (C=O) groups is 2. The number of benzene rings is 2. The van der Waals surface area contributed by atoms with Crippen molar-refractivity contribution >= 4 is 23.7 Å². The van der Waals surface area contributed by atoms with Crippen molar-refractivity contribution < 1.29 is 19.4 Å². The van der Waals surface area contributed by atoms with Gasteiger partial charge in [0.25, 0.3) is 0 Å². The van der Waals surface area contributed by atoms with E-state index in [0.29, 0.717) is 18.6 Å². The third kappa shape index (κ3) is 6.44. The molecule has 0 saturated carbocycles. The number of fused-ring (bicyclic) bond motifs is 2. The fourth-order valence-electron chi connectivity index (χ4n) is 4.95. The summed E-state index contributed by atoms with van der Waals surface area (Å²) < 4.78 is 5.30. The standard InChI is InChI=1S/C27H33N2O5S/c1-2-34-27(32)22(13-12-18-8-4-3-5-9-18)28-25-17-35-24-15-20-11-7-6-10-19(20)14-21(24)23(29(25)33)16-26(30)31/h3-5,8-9,14-15,22-23,25,28H,2,6-7,10-13,16-17H2,1H3,(H,30,31)/q-1. The summed E-state index contributed by atoms with van der Waals surface area (Å²) in [5.41, 5.74) is 4.40. The number of carbonyl (C=O) groups excluding carboxylic acids is 1. The summed E-state index contributed by atoms with van der Waals surface area (Å²) in [6.45, 7) is 2.01. The highest BCUT2D eigenvalue weighted by Gasteiger charge is 2.32. The lowest BCUT2D eigenvalue weighted by Gasteiger charge is -2.43. The largest absolute Gasteiger partial charge is 0.784 e. The van der Waals surface area contributed by atoms with Gasteiger partial charge in [-0.05, 0) is 73.8 Å². The van der Waals surface area contributed by atoms with Crippen LogP contribution in [0.2, 0.25) is 0 Å². The molecule has 1 aliphatic heterocycles. The highest BCUT2D eigenvalue weighted by molar-refractivity contribution is 7.99. The number of nitrogens with one attached hydrogen (secondary N) is 1. The molecule has 1 aliphatic carbocycles. The smallest absolute Gasteiger partial charge is 0.323 e. The van der Waals surface area contributed by atoms with Crippen LogP contribution in [0.5, 0.6) is 0 Å². The van der Waals surface area contributed by atoms with Gasteiger partial charge in [-0.1, -0.05) is 36.4 Å². The van der Waals surface area contributed by atoms with E-state index in [-0.39, 0.29) is 13.0 Å². The average molecular weight is 498 g/mol. The number of rotatable bonds is 9. The van der Waals surface area contributed by atoms with Gasteiger partial charge in [0, 0.05) is 16.7 Å². The van der Waals surface area contributed by atoms with Crippen molar-refractivity contribution in [3.8, 4) is 0 Å². The molecule has 0 radical (unpaired) electrons. The Morgan fingerprint density at radius 3 is 2.60 bits per heavy atom. The SMILES string of the molecule is CCOC(=O)C(CCc1ccccc1)NC1CSc2cc3c(cc2C(CC(=O)O)N1[O-])CCCC3. The Kier molecular flexibility index (Phi) is 8.83. The molecule has 35 heavy (non-hydrogen) atoms. The quantitative estimate of drug-likeness (QED) is 0.490. The van der Waals surface area contributed by atoms with Crippen LogP contribution in [0.1, 0.15) is 60.9 Å². The fourth-order valence-corrected chi connectivity index (χ4v) is 6.12. The number of carboxylic acid groups (broad SMARTS) is 1. The van der Waals surface area contributed by atoms with Crippen LogP contribution in [0.3, 0.4) is 0 Å². The Morgan fingerprint density at radius 1 is 1.20 bits per heavy atom. The molecule has 7 nitrogen and oxygen atoms in total. The Hall–Kier alpha value is -2.39. The molecule has 0 aromatic heterocycles. The zero-order chi connectivity index (χ0) is 24.8. The van der Waals surface area contributed by atoms with Crippen LogP contribution in [0.4, 0.5) is 0 Å². The Labute approximate surface area is 210 Å². The maximum atomic E-state index is 13.6. The first-order valence-corrected chi connectivity index (χ1v) is 13.4. The monoisotopic (exact) mass is 497 g/mol. The van der Waals surface area contributed by atoms with Crippen LogP contribution in [0, 0.1) is 5.21 Å². The molecule has 0 fully saturated rings. The van der Waals surface area contributed by atoms with Crippen LogP contribution in [-0.2, 0) is 33.6 Å². The number of aliphatic carboxylic acids is 1. The number of ether oxygens (including phenoxy) is 1. The van der Waals surface area contributed by atoms with Gasteiger partial charge in [0.15, 0.2) is 0 Å². The first-order valence-electron chi connectivity index (χ1n) is 12.4. The van der Waals surface area contributed by atoms with E-state index >= 15 is 0 Å². The molecule has 2 aromatic carbocycles. The highest BCUT2D eigenvalue weighted by Crippen LogP contribution is 2.41. The van der Waals surface area contributed by atoms with Crippen LogP contribution in [0.15, 0.2) is 47.4 Å². The predicted octanol–water partition coefficient (Wildman–Crippen LogP) is 4.47. The summed E-state index contributed by atoms with van der Waals surface area (Å²) in [6.07, 6.45) is 4.34. The van der Waals surface area contributed by atoms with E-state index in [1.807, 2.05) is 30.3 Å². The van der Waals surface area contributed by atoms with Crippen molar-refractivity contribution in [3.05, 3.63) is 69.9 Å². The van der Waals surface area contributed by atoms with Gasteiger partial charge in [-0.15, -0.1) is 11.8 Å². The van der Waals surface area contributed by atoms with E-state index in [0.717, 1.165) is 46.8 Å². The molecule has 4 rings (SSSR count).